The third-order valence-corrected chi connectivity index (χ3v) is 4.78. The van der Waals surface area contributed by atoms with Crippen molar-refractivity contribution in [2.75, 3.05) is 5.32 Å². The van der Waals surface area contributed by atoms with Crippen LogP contribution in [-0.2, 0) is 16.6 Å². The Labute approximate surface area is 161 Å². The van der Waals surface area contributed by atoms with E-state index in [0.717, 1.165) is 5.56 Å². The summed E-state index contributed by atoms with van der Waals surface area (Å²) >= 11 is 0. The molecule has 28 heavy (non-hydrogen) atoms. The minimum Gasteiger partial charge on any atom is -0.489 e. The van der Waals surface area contributed by atoms with Crippen molar-refractivity contribution in [2.24, 2.45) is 5.14 Å². The standard InChI is InChI=1S/C20H17FN2O4S/c21-16-6-4-14(5-7-16)13-27-18-3-1-2-15(12-18)20(24)23-17-8-10-19(11-9-17)28(22,25)26/h1-12H,13H2,(H,23,24)(H2,22,25,26). The number of nitrogens with one attached hydrogen (secondary N) is 1. The summed E-state index contributed by atoms with van der Waals surface area (Å²) in [4.78, 5) is 12.4. The van der Waals surface area contributed by atoms with Gasteiger partial charge in [0, 0.05) is 11.3 Å². The number of sulfonamides is 1. The molecule has 1 amide bonds. The van der Waals surface area contributed by atoms with Crippen molar-refractivity contribution >= 4 is 21.6 Å². The SMILES string of the molecule is NS(=O)(=O)c1ccc(NC(=O)c2cccc(OCc3ccc(F)cc3)c2)cc1. The van der Waals surface area contributed by atoms with E-state index in [0.29, 0.717) is 17.0 Å². The number of hydrogen-bond acceptors (Lipinski definition) is 4. The van der Waals surface area contributed by atoms with Crippen LogP contribution in [0.5, 0.6) is 5.75 Å². The predicted octanol–water partition coefficient (Wildman–Crippen LogP) is 3.30. The summed E-state index contributed by atoms with van der Waals surface area (Å²) in [5.74, 6) is -0.211. The minimum absolute atomic E-state index is 0.0401. The molecule has 0 saturated carbocycles. The number of benzene rings is 3. The zero-order valence-corrected chi connectivity index (χ0v) is 15.4. The number of anilines is 1. The van der Waals surface area contributed by atoms with Crippen LogP contribution in [0.4, 0.5) is 10.1 Å². The highest BCUT2D eigenvalue weighted by Gasteiger charge is 2.10. The first kappa shape index (κ1) is 19.5. The van der Waals surface area contributed by atoms with Crippen LogP contribution in [0.15, 0.2) is 77.7 Å². The second-order valence-electron chi connectivity index (χ2n) is 5.97. The number of rotatable bonds is 6. The first-order valence-corrected chi connectivity index (χ1v) is 9.77. The molecule has 0 bridgehead atoms. The monoisotopic (exact) mass is 400 g/mol. The second kappa shape index (κ2) is 8.20. The summed E-state index contributed by atoms with van der Waals surface area (Å²) in [5.41, 5.74) is 1.59. The number of carbonyl (C=O) groups is 1. The summed E-state index contributed by atoms with van der Waals surface area (Å²) in [6.07, 6.45) is 0. The largest absolute Gasteiger partial charge is 0.489 e. The number of nitrogens with two attached hydrogens (primary N) is 1. The lowest BCUT2D eigenvalue weighted by Crippen LogP contribution is -2.14. The quantitative estimate of drug-likeness (QED) is 0.663. The number of primary sulfonamides is 1. The van der Waals surface area contributed by atoms with Crippen LogP contribution in [0.3, 0.4) is 0 Å². The third kappa shape index (κ3) is 5.15. The maximum Gasteiger partial charge on any atom is 0.255 e. The first-order valence-electron chi connectivity index (χ1n) is 8.23. The van der Waals surface area contributed by atoms with Gasteiger partial charge < -0.3 is 10.1 Å². The van der Waals surface area contributed by atoms with Crippen LogP contribution in [0, 0.1) is 5.82 Å². The van der Waals surface area contributed by atoms with Crippen LogP contribution in [-0.4, -0.2) is 14.3 Å². The van der Waals surface area contributed by atoms with Gasteiger partial charge in [0.25, 0.3) is 5.91 Å². The average molecular weight is 400 g/mol. The van der Waals surface area contributed by atoms with Crippen LogP contribution in [0.2, 0.25) is 0 Å². The molecule has 0 aliphatic heterocycles. The van der Waals surface area contributed by atoms with E-state index in [1.54, 1.807) is 36.4 Å². The predicted molar refractivity (Wildman–Crippen MR) is 103 cm³/mol. The molecule has 8 heteroatoms. The fraction of sp³-hybridized carbons (Fsp3) is 0.0500. The Hall–Kier alpha value is -3.23. The van der Waals surface area contributed by atoms with Crippen molar-refractivity contribution in [3.63, 3.8) is 0 Å². The van der Waals surface area contributed by atoms with Gasteiger partial charge >= 0.3 is 0 Å². The Balaban J connectivity index is 1.65. The topological polar surface area (TPSA) is 98.5 Å². The lowest BCUT2D eigenvalue weighted by atomic mass is 10.2. The van der Waals surface area contributed by atoms with E-state index in [1.165, 1.54) is 36.4 Å². The van der Waals surface area contributed by atoms with Gasteiger partial charge in [-0.15, -0.1) is 0 Å². The molecule has 3 aromatic carbocycles. The molecule has 0 fully saturated rings. The van der Waals surface area contributed by atoms with Crippen molar-refractivity contribution < 1.29 is 22.3 Å². The van der Waals surface area contributed by atoms with Gasteiger partial charge in [0.1, 0.15) is 18.2 Å². The highest BCUT2D eigenvalue weighted by molar-refractivity contribution is 7.89. The molecule has 0 unspecified atom stereocenters. The lowest BCUT2D eigenvalue weighted by molar-refractivity contribution is 0.102. The van der Waals surface area contributed by atoms with Crippen LogP contribution < -0.4 is 15.2 Å². The number of hydrogen-bond donors (Lipinski definition) is 2. The summed E-state index contributed by atoms with van der Waals surface area (Å²) < 4.78 is 41.1. The van der Waals surface area contributed by atoms with E-state index in [4.69, 9.17) is 9.88 Å². The van der Waals surface area contributed by atoms with E-state index in [-0.39, 0.29) is 23.2 Å². The van der Waals surface area contributed by atoms with Gasteiger partial charge in [-0.2, -0.15) is 0 Å². The van der Waals surface area contributed by atoms with Crippen molar-refractivity contribution in [1.29, 1.82) is 0 Å². The summed E-state index contributed by atoms with van der Waals surface area (Å²) in [6.45, 7) is 0.236. The molecule has 0 atom stereocenters. The molecule has 0 aliphatic rings. The second-order valence-corrected chi connectivity index (χ2v) is 7.53. The van der Waals surface area contributed by atoms with Crippen LogP contribution >= 0.6 is 0 Å². The Morgan fingerprint density at radius 3 is 2.32 bits per heavy atom. The number of carbonyl (C=O) groups excluding carboxylic acids is 1. The molecule has 0 aliphatic carbocycles. The molecule has 6 nitrogen and oxygen atoms in total. The van der Waals surface area contributed by atoms with E-state index in [2.05, 4.69) is 5.32 Å². The van der Waals surface area contributed by atoms with Gasteiger partial charge in [-0.25, -0.2) is 17.9 Å². The molecule has 0 spiro atoms. The summed E-state index contributed by atoms with van der Waals surface area (Å²) in [7, 11) is -3.79. The molecule has 0 aromatic heterocycles. The first-order chi connectivity index (χ1) is 13.3. The fourth-order valence-corrected chi connectivity index (χ4v) is 2.92. The van der Waals surface area contributed by atoms with Crippen molar-refractivity contribution in [2.45, 2.75) is 11.5 Å². The molecular formula is C20H17FN2O4S. The van der Waals surface area contributed by atoms with Gasteiger partial charge in [-0.3, -0.25) is 4.79 Å². The normalized spacial score (nSPS) is 11.1. The smallest absolute Gasteiger partial charge is 0.255 e. The highest BCUT2D eigenvalue weighted by atomic mass is 32.2. The van der Waals surface area contributed by atoms with E-state index < -0.39 is 10.0 Å². The molecule has 0 heterocycles. The fourth-order valence-electron chi connectivity index (χ4n) is 2.41. The van der Waals surface area contributed by atoms with Gasteiger partial charge in [0.2, 0.25) is 10.0 Å². The minimum atomic E-state index is -3.79. The molecule has 144 valence electrons. The summed E-state index contributed by atoms with van der Waals surface area (Å²) in [6, 6.07) is 18.1. The van der Waals surface area contributed by atoms with Gasteiger partial charge in [0.15, 0.2) is 0 Å². The van der Waals surface area contributed by atoms with Crippen LogP contribution in [0.1, 0.15) is 15.9 Å². The zero-order valence-electron chi connectivity index (χ0n) is 14.6. The van der Waals surface area contributed by atoms with Gasteiger partial charge in [0.05, 0.1) is 4.90 Å². The molecule has 3 rings (SSSR count). The lowest BCUT2D eigenvalue weighted by Gasteiger charge is -2.09. The number of ether oxygens (including phenoxy) is 1. The van der Waals surface area contributed by atoms with E-state index in [1.807, 2.05) is 0 Å². The Kier molecular flexibility index (Phi) is 5.72. The summed E-state index contributed by atoms with van der Waals surface area (Å²) in [5, 5.41) is 7.72. The molecule has 0 saturated heterocycles. The van der Waals surface area contributed by atoms with Crippen molar-refractivity contribution in [3.8, 4) is 5.75 Å². The third-order valence-electron chi connectivity index (χ3n) is 3.86. The Morgan fingerprint density at radius 1 is 1.00 bits per heavy atom. The average Bonchev–Trinajstić information content (AvgIpc) is 2.67. The van der Waals surface area contributed by atoms with Crippen molar-refractivity contribution in [3.05, 3.63) is 89.7 Å². The maximum absolute atomic E-state index is 12.9. The number of amides is 1. The molecular weight excluding hydrogens is 383 g/mol. The molecule has 3 N–H and O–H groups in total. The van der Waals surface area contributed by atoms with Crippen LogP contribution in [0.25, 0.3) is 0 Å². The van der Waals surface area contributed by atoms with Gasteiger partial charge in [-0.1, -0.05) is 18.2 Å². The Bertz CT molecular complexity index is 1080. The molecule has 0 radical (unpaired) electrons. The number of halogens is 1. The van der Waals surface area contributed by atoms with E-state index in [9.17, 15) is 17.6 Å². The van der Waals surface area contributed by atoms with Crippen molar-refractivity contribution in [1.82, 2.24) is 0 Å². The van der Waals surface area contributed by atoms with Gasteiger partial charge in [-0.05, 0) is 60.2 Å². The Morgan fingerprint density at radius 2 is 1.68 bits per heavy atom. The zero-order chi connectivity index (χ0) is 20.1. The van der Waals surface area contributed by atoms with E-state index >= 15 is 0 Å². The highest BCUT2D eigenvalue weighted by Crippen LogP contribution is 2.18. The maximum atomic E-state index is 12.9. The molecule has 3 aromatic rings.